The number of esters is 1. The predicted molar refractivity (Wildman–Crippen MR) is 147 cm³/mol. The van der Waals surface area contributed by atoms with Gasteiger partial charge in [0, 0.05) is 6.08 Å². The van der Waals surface area contributed by atoms with Crippen LogP contribution in [-0.4, -0.2) is 127 Å². The van der Waals surface area contributed by atoms with Crippen molar-refractivity contribution < 1.29 is 74.4 Å². The van der Waals surface area contributed by atoms with Crippen LogP contribution < -0.4 is 0 Å². The van der Waals surface area contributed by atoms with Crippen molar-refractivity contribution in [2.75, 3.05) is 13.2 Å². The number of hydrogen-bond acceptors (Lipinski definition) is 15. The van der Waals surface area contributed by atoms with Crippen LogP contribution in [0.1, 0.15) is 18.1 Å². The number of carbonyl (C=O) groups excluding carboxylic acids is 1. The van der Waals surface area contributed by atoms with Crippen molar-refractivity contribution in [3.8, 4) is 23.0 Å². The summed E-state index contributed by atoms with van der Waals surface area (Å²) >= 11 is 0. The highest BCUT2D eigenvalue weighted by molar-refractivity contribution is 5.87. The van der Waals surface area contributed by atoms with Gasteiger partial charge in [0.2, 0.25) is 0 Å². The first-order valence-corrected chi connectivity index (χ1v) is 13.7. The van der Waals surface area contributed by atoms with Gasteiger partial charge >= 0.3 is 5.97 Å². The second-order valence-electron chi connectivity index (χ2n) is 10.5. The van der Waals surface area contributed by atoms with Gasteiger partial charge in [-0.25, -0.2) is 4.79 Å². The van der Waals surface area contributed by atoms with Gasteiger partial charge in [-0.2, -0.15) is 0 Å². The summed E-state index contributed by atoms with van der Waals surface area (Å²) in [4.78, 5) is 12.4. The highest BCUT2D eigenvalue weighted by Crippen LogP contribution is 2.31. The average molecular weight is 625 g/mol. The van der Waals surface area contributed by atoms with Crippen LogP contribution in [0.4, 0.5) is 0 Å². The third-order valence-corrected chi connectivity index (χ3v) is 7.26. The Balaban J connectivity index is 1.44. The van der Waals surface area contributed by atoms with Crippen LogP contribution in [0, 0.1) is 0 Å². The molecular formula is C29H36O15. The van der Waals surface area contributed by atoms with Gasteiger partial charge < -0.3 is 69.6 Å². The van der Waals surface area contributed by atoms with E-state index in [9.17, 15) is 50.8 Å². The maximum absolute atomic E-state index is 12.4. The number of phenols is 4. The minimum atomic E-state index is -1.74. The van der Waals surface area contributed by atoms with E-state index in [2.05, 4.69) is 0 Å². The van der Waals surface area contributed by atoms with E-state index in [0.717, 1.165) is 6.08 Å². The molecule has 9 N–H and O–H groups in total. The zero-order valence-corrected chi connectivity index (χ0v) is 23.5. The van der Waals surface area contributed by atoms with Gasteiger partial charge in [-0.05, 0) is 54.8 Å². The summed E-state index contributed by atoms with van der Waals surface area (Å²) in [5, 5.41) is 90.8. The van der Waals surface area contributed by atoms with Crippen LogP contribution in [0.2, 0.25) is 0 Å². The lowest BCUT2D eigenvalue weighted by molar-refractivity contribution is -0.357. The third kappa shape index (κ3) is 7.95. The van der Waals surface area contributed by atoms with E-state index in [1.165, 1.54) is 43.3 Å². The Kier molecular flexibility index (Phi) is 11.0. The second-order valence-corrected chi connectivity index (χ2v) is 10.5. The van der Waals surface area contributed by atoms with Gasteiger partial charge in [0.25, 0.3) is 0 Å². The summed E-state index contributed by atoms with van der Waals surface area (Å²) in [6.07, 6.45) is -12.5. The van der Waals surface area contributed by atoms with Crippen LogP contribution in [0.3, 0.4) is 0 Å². The van der Waals surface area contributed by atoms with E-state index in [1.807, 2.05) is 0 Å². The Hall–Kier alpha value is -3.51. The first-order chi connectivity index (χ1) is 20.8. The summed E-state index contributed by atoms with van der Waals surface area (Å²) in [5.41, 5.74) is 0.962. The smallest absolute Gasteiger partial charge is 0.330 e. The Morgan fingerprint density at radius 3 is 2.16 bits per heavy atom. The molecule has 10 atom stereocenters. The molecule has 15 heteroatoms. The molecule has 15 nitrogen and oxygen atoms in total. The van der Waals surface area contributed by atoms with Crippen molar-refractivity contribution >= 4 is 12.0 Å². The summed E-state index contributed by atoms with van der Waals surface area (Å²) in [5.74, 6) is -2.23. The molecule has 2 fully saturated rings. The van der Waals surface area contributed by atoms with Crippen molar-refractivity contribution in [2.24, 2.45) is 0 Å². The van der Waals surface area contributed by atoms with Crippen LogP contribution >= 0.6 is 0 Å². The highest BCUT2D eigenvalue weighted by Gasteiger charge is 2.50. The third-order valence-electron chi connectivity index (χ3n) is 7.26. The maximum atomic E-state index is 12.4. The van der Waals surface area contributed by atoms with Crippen LogP contribution in [0.15, 0.2) is 42.5 Å². The fraction of sp³-hybridized carbons (Fsp3) is 0.483. The molecule has 242 valence electrons. The minimum absolute atomic E-state index is 0.0754. The molecule has 0 amide bonds. The molecule has 2 saturated heterocycles. The van der Waals surface area contributed by atoms with E-state index in [1.54, 1.807) is 6.07 Å². The molecule has 1 unspecified atom stereocenters. The molecule has 4 rings (SSSR count). The van der Waals surface area contributed by atoms with Crippen molar-refractivity contribution in [3.05, 3.63) is 53.6 Å². The Morgan fingerprint density at radius 2 is 1.48 bits per heavy atom. The molecule has 0 spiro atoms. The van der Waals surface area contributed by atoms with Crippen molar-refractivity contribution in [2.45, 2.75) is 74.8 Å². The van der Waals surface area contributed by atoms with E-state index in [0.29, 0.717) is 11.1 Å². The summed E-state index contributed by atoms with van der Waals surface area (Å²) < 4.78 is 27.7. The van der Waals surface area contributed by atoms with Gasteiger partial charge in [0.05, 0.1) is 12.7 Å². The van der Waals surface area contributed by atoms with E-state index >= 15 is 0 Å². The molecular weight excluding hydrogens is 588 g/mol. The zero-order valence-electron chi connectivity index (χ0n) is 23.5. The van der Waals surface area contributed by atoms with Crippen molar-refractivity contribution in [1.82, 2.24) is 0 Å². The van der Waals surface area contributed by atoms with Gasteiger partial charge in [0.15, 0.2) is 35.6 Å². The topological polar surface area (TPSA) is 245 Å². The number of benzene rings is 2. The molecule has 2 aliphatic heterocycles. The van der Waals surface area contributed by atoms with Crippen LogP contribution in [0.25, 0.3) is 6.08 Å². The molecule has 0 radical (unpaired) electrons. The van der Waals surface area contributed by atoms with E-state index < -0.39 is 74.0 Å². The molecule has 0 saturated carbocycles. The molecule has 44 heavy (non-hydrogen) atoms. The largest absolute Gasteiger partial charge is 0.504 e. The first kappa shape index (κ1) is 33.4. The molecule has 0 bridgehead atoms. The average Bonchev–Trinajstić information content (AvgIpc) is 2.99. The number of aromatic hydroxyl groups is 4. The molecule has 0 aromatic heterocycles. The van der Waals surface area contributed by atoms with E-state index in [4.69, 9.17) is 23.7 Å². The number of ether oxygens (including phenoxy) is 5. The van der Waals surface area contributed by atoms with E-state index in [-0.39, 0.29) is 36.0 Å². The summed E-state index contributed by atoms with van der Waals surface area (Å²) in [7, 11) is 0. The number of carbonyl (C=O) groups is 1. The summed E-state index contributed by atoms with van der Waals surface area (Å²) in [6.45, 7) is 0.804. The lowest BCUT2D eigenvalue weighted by Gasteiger charge is -2.45. The number of rotatable bonds is 10. The predicted octanol–water partition coefficient (Wildman–Crippen LogP) is -1.02. The van der Waals surface area contributed by atoms with Crippen molar-refractivity contribution in [3.63, 3.8) is 0 Å². The first-order valence-electron chi connectivity index (χ1n) is 13.7. The number of aliphatic hydroxyl groups excluding tert-OH is 5. The lowest BCUT2D eigenvalue weighted by Crippen LogP contribution is -2.64. The highest BCUT2D eigenvalue weighted by atomic mass is 16.7. The second kappa shape index (κ2) is 14.5. The Bertz CT molecular complexity index is 1300. The maximum Gasteiger partial charge on any atom is 0.330 e. The number of hydrogen-bond donors (Lipinski definition) is 9. The lowest BCUT2D eigenvalue weighted by atomic mass is 9.97. The van der Waals surface area contributed by atoms with Gasteiger partial charge in [0.1, 0.15) is 49.3 Å². The minimum Gasteiger partial charge on any atom is -0.504 e. The van der Waals surface area contributed by atoms with Gasteiger partial charge in [-0.1, -0.05) is 12.1 Å². The van der Waals surface area contributed by atoms with Crippen LogP contribution in [-0.2, 0) is 34.9 Å². The number of aliphatic hydroxyl groups is 5. The van der Waals surface area contributed by atoms with Crippen molar-refractivity contribution in [1.29, 1.82) is 0 Å². The van der Waals surface area contributed by atoms with Crippen LogP contribution in [0.5, 0.6) is 23.0 Å². The Labute approximate surface area is 251 Å². The fourth-order valence-electron chi connectivity index (χ4n) is 4.66. The fourth-order valence-corrected chi connectivity index (χ4v) is 4.66. The molecule has 0 aliphatic carbocycles. The standard InChI is InChI=1S/C29H36O15/c1-13-22(35)24(37)25(38)29(42-13)44-27-23(36)20(12-41-21(34)7-4-14-2-5-16(30)18(32)10-14)43-28(26(27)39)40-9-8-15-3-6-17(31)19(33)11-15/h2-7,10-11,13,20,22-33,35-39H,8-9,12H2,1H3/b7-4+/t13-,20+,22-,23+,24+,25+,26+,27-,28+,29?/m0/s1. The molecule has 2 aliphatic rings. The molecule has 2 heterocycles. The zero-order chi connectivity index (χ0) is 32.1. The normalized spacial score (nSPS) is 32.5. The molecule has 2 aromatic carbocycles. The van der Waals surface area contributed by atoms with Gasteiger partial charge in [-0.15, -0.1) is 0 Å². The number of phenolic OH excluding ortho intramolecular Hbond substituents is 4. The summed E-state index contributed by atoms with van der Waals surface area (Å²) in [6, 6.07) is 8.05. The Morgan fingerprint density at radius 1 is 0.795 bits per heavy atom. The quantitative estimate of drug-likeness (QED) is 0.0873. The monoisotopic (exact) mass is 624 g/mol. The SMILES string of the molecule is C[C@@H]1OC(O[C@@H]2[C@@H](O)[C@H](OCCc3ccc(O)c(O)c3)O[C@H](COC(=O)/C=C/c3ccc(O)c(O)c3)[C@H]2O)[C@H](O)[C@H](O)[C@H]1O. The van der Waals surface area contributed by atoms with Gasteiger partial charge in [-0.3, -0.25) is 0 Å². The molecule has 2 aromatic rings.